The molecule has 7 aromatic carbocycles. The number of hydrogen-bond donors (Lipinski definition) is 0. The molecule has 0 radical (unpaired) electrons. The first-order valence-corrected chi connectivity index (χ1v) is 17.7. The van der Waals surface area contributed by atoms with Gasteiger partial charge in [0.2, 0.25) is 0 Å². The molecular weight excluding hydrogens is 633 g/mol. The van der Waals surface area contributed by atoms with Gasteiger partial charge in [-0.3, -0.25) is 9.55 Å². The first kappa shape index (κ1) is 27.7. The van der Waals surface area contributed by atoms with Gasteiger partial charge >= 0.3 is 0 Å². The zero-order valence-electron chi connectivity index (χ0n) is 28.0. The van der Waals surface area contributed by atoms with Gasteiger partial charge in [0.25, 0.3) is 0 Å². The van der Waals surface area contributed by atoms with Crippen molar-refractivity contribution in [3.05, 3.63) is 170 Å². The van der Waals surface area contributed by atoms with Gasteiger partial charge in [0.15, 0.2) is 0 Å². The highest BCUT2D eigenvalue weighted by Gasteiger charge is 2.24. The highest BCUT2D eigenvalue weighted by atomic mass is 15.1. The van der Waals surface area contributed by atoms with Gasteiger partial charge in [-0.25, -0.2) is 4.98 Å². The van der Waals surface area contributed by atoms with Gasteiger partial charge in [-0.15, -0.1) is 0 Å². The molecule has 1 aliphatic rings. The Morgan fingerprint density at radius 2 is 1.10 bits per heavy atom. The molecule has 0 unspecified atom stereocenters. The first-order valence-electron chi connectivity index (χ1n) is 17.7. The number of fused-ring (bicyclic) bond motifs is 11. The average molecular weight is 661 g/mol. The highest BCUT2D eigenvalue weighted by molar-refractivity contribution is 6.22. The zero-order valence-corrected chi connectivity index (χ0v) is 28.0. The molecule has 4 nitrogen and oxygen atoms in total. The summed E-state index contributed by atoms with van der Waals surface area (Å²) in [5, 5.41) is 9.87. The highest BCUT2D eigenvalue weighted by Crippen LogP contribution is 2.46. The van der Waals surface area contributed by atoms with E-state index in [0.717, 1.165) is 44.7 Å². The predicted octanol–water partition coefficient (Wildman–Crippen LogP) is 12.3. The van der Waals surface area contributed by atoms with Crippen LogP contribution in [0.15, 0.2) is 170 Å². The molecule has 52 heavy (non-hydrogen) atoms. The van der Waals surface area contributed by atoms with Crippen LogP contribution < -0.4 is 0 Å². The third-order valence-electron chi connectivity index (χ3n) is 11.1. The minimum Gasteiger partial charge on any atom is -0.309 e. The van der Waals surface area contributed by atoms with Crippen LogP contribution in [0, 0.1) is 0 Å². The smallest absolute Gasteiger partial charge is 0.138 e. The van der Waals surface area contributed by atoms with Crippen LogP contribution in [0.4, 0.5) is 0 Å². The Morgan fingerprint density at radius 1 is 0.385 bits per heavy atom. The SMILES string of the molecule is c1ccc(-n2c3ccc(-c4ccc5c(c4)c4ccccc4n5-c4ccc5c(n4)-c4cccc6cncc-5c46)cc3c3c4ccccc4ccc32)cc1. The molecule has 12 rings (SSSR count). The average Bonchev–Trinajstić information content (AvgIpc) is 3.84. The molecule has 1 aliphatic carbocycles. The van der Waals surface area contributed by atoms with E-state index in [4.69, 9.17) is 4.98 Å². The normalized spacial score (nSPS) is 12.2. The molecule has 240 valence electrons. The summed E-state index contributed by atoms with van der Waals surface area (Å²) in [6.07, 6.45) is 3.92. The summed E-state index contributed by atoms with van der Waals surface area (Å²) in [4.78, 5) is 9.89. The maximum absolute atomic E-state index is 5.36. The number of aromatic nitrogens is 4. The Morgan fingerprint density at radius 3 is 1.98 bits per heavy atom. The number of hydrogen-bond acceptors (Lipinski definition) is 2. The van der Waals surface area contributed by atoms with E-state index in [0.29, 0.717) is 0 Å². The van der Waals surface area contributed by atoms with E-state index in [1.165, 1.54) is 65.4 Å². The van der Waals surface area contributed by atoms with Crippen LogP contribution in [0.25, 0.3) is 110 Å². The molecule has 4 heteroatoms. The Hall–Kier alpha value is -7.04. The van der Waals surface area contributed by atoms with E-state index in [1.807, 2.05) is 12.4 Å². The van der Waals surface area contributed by atoms with Crippen molar-refractivity contribution in [2.75, 3.05) is 0 Å². The van der Waals surface area contributed by atoms with Gasteiger partial charge in [-0.05, 0) is 82.6 Å². The summed E-state index contributed by atoms with van der Waals surface area (Å²) in [6, 6.07) is 57.3. The standard InChI is InChI=1S/C48H28N4/c1-2-11-33(12-3-1)51-43-22-19-31(26-39(43)47-34-13-5-4-9-29(34)17-23-44(47)51)30-18-21-42-38(25-30)35-14-6-7-16-41(35)52(42)45-24-20-36-40-28-49-27-32-10-8-15-37(46(32)40)48(36)50-45/h1-28H. The molecule has 11 aromatic rings. The summed E-state index contributed by atoms with van der Waals surface area (Å²) in [6.45, 7) is 0. The van der Waals surface area contributed by atoms with Gasteiger partial charge in [0.1, 0.15) is 5.82 Å². The molecule has 0 N–H and O–H groups in total. The van der Waals surface area contributed by atoms with Gasteiger partial charge in [-0.1, -0.05) is 97.1 Å². The van der Waals surface area contributed by atoms with E-state index in [2.05, 4.69) is 172 Å². The van der Waals surface area contributed by atoms with Gasteiger partial charge in [0.05, 0.1) is 27.8 Å². The molecule has 0 saturated carbocycles. The number of benzene rings is 7. The Kier molecular flexibility index (Phi) is 5.47. The second-order valence-corrected chi connectivity index (χ2v) is 13.8. The van der Waals surface area contributed by atoms with Crippen molar-refractivity contribution in [3.63, 3.8) is 0 Å². The van der Waals surface area contributed by atoms with Crippen molar-refractivity contribution in [3.8, 4) is 45.0 Å². The van der Waals surface area contributed by atoms with Crippen LogP contribution in [0.3, 0.4) is 0 Å². The van der Waals surface area contributed by atoms with Crippen LogP contribution >= 0.6 is 0 Å². The Bertz CT molecular complexity index is 3290. The van der Waals surface area contributed by atoms with Crippen molar-refractivity contribution < 1.29 is 0 Å². The van der Waals surface area contributed by atoms with E-state index in [9.17, 15) is 0 Å². The lowest BCUT2D eigenvalue weighted by molar-refractivity contribution is 1.09. The van der Waals surface area contributed by atoms with Crippen molar-refractivity contribution in [1.29, 1.82) is 0 Å². The molecular formula is C48H28N4. The topological polar surface area (TPSA) is 35.6 Å². The van der Waals surface area contributed by atoms with Gasteiger partial charge in [0, 0.05) is 67.1 Å². The van der Waals surface area contributed by atoms with E-state index >= 15 is 0 Å². The molecule has 0 fully saturated rings. The summed E-state index contributed by atoms with van der Waals surface area (Å²) >= 11 is 0. The molecule has 0 saturated heterocycles. The Balaban J connectivity index is 1.07. The molecule has 4 heterocycles. The van der Waals surface area contributed by atoms with Crippen molar-refractivity contribution >= 4 is 65.2 Å². The fourth-order valence-electron chi connectivity index (χ4n) is 8.86. The Labute approximate surface area is 298 Å². The lowest BCUT2D eigenvalue weighted by Crippen LogP contribution is -1.98. The number of nitrogens with zero attached hydrogens (tertiary/aromatic N) is 4. The summed E-state index contributed by atoms with van der Waals surface area (Å²) in [5.41, 5.74) is 12.7. The summed E-state index contributed by atoms with van der Waals surface area (Å²) in [7, 11) is 0. The number of rotatable bonds is 3. The first-order chi connectivity index (χ1) is 25.8. The summed E-state index contributed by atoms with van der Waals surface area (Å²) in [5.74, 6) is 0.914. The van der Waals surface area contributed by atoms with Crippen molar-refractivity contribution in [1.82, 2.24) is 19.1 Å². The minimum absolute atomic E-state index is 0.914. The summed E-state index contributed by atoms with van der Waals surface area (Å²) < 4.78 is 4.72. The van der Waals surface area contributed by atoms with Gasteiger partial charge in [-0.2, -0.15) is 0 Å². The molecule has 0 bridgehead atoms. The quantitative estimate of drug-likeness (QED) is 0.189. The molecule has 0 aliphatic heterocycles. The lowest BCUT2D eigenvalue weighted by atomic mass is 9.99. The second-order valence-electron chi connectivity index (χ2n) is 13.8. The van der Waals surface area contributed by atoms with E-state index < -0.39 is 0 Å². The largest absolute Gasteiger partial charge is 0.309 e. The van der Waals surface area contributed by atoms with Crippen LogP contribution in [0.5, 0.6) is 0 Å². The third-order valence-corrected chi connectivity index (χ3v) is 11.1. The maximum atomic E-state index is 5.36. The van der Waals surface area contributed by atoms with E-state index in [-0.39, 0.29) is 0 Å². The molecule has 0 amide bonds. The van der Waals surface area contributed by atoms with Crippen LogP contribution in [0.1, 0.15) is 0 Å². The van der Waals surface area contributed by atoms with Crippen LogP contribution in [0.2, 0.25) is 0 Å². The fourth-order valence-corrected chi connectivity index (χ4v) is 8.86. The fraction of sp³-hybridized carbons (Fsp3) is 0. The second kappa shape index (κ2) is 10.3. The van der Waals surface area contributed by atoms with Crippen LogP contribution in [-0.4, -0.2) is 19.1 Å². The monoisotopic (exact) mass is 660 g/mol. The predicted molar refractivity (Wildman–Crippen MR) is 216 cm³/mol. The third kappa shape index (κ3) is 3.70. The van der Waals surface area contributed by atoms with Crippen molar-refractivity contribution in [2.45, 2.75) is 0 Å². The van der Waals surface area contributed by atoms with Gasteiger partial charge < -0.3 is 4.57 Å². The lowest BCUT2D eigenvalue weighted by Gasteiger charge is -2.10. The number of pyridine rings is 2. The molecule has 0 atom stereocenters. The molecule has 0 spiro atoms. The van der Waals surface area contributed by atoms with Crippen LogP contribution in [-0.2, 0) is 0 Å². The minimum atomic E-state index is 0.914. The number of para-hydroxylation sites is 2. The maximum Gasteiger partial charge on any atom is 0.138 e. The van der Waals surface area contributed by atoms with E-state index in [1.54, 1.807) is 0 Å². The van der Waals surface area contributed by atoms with Crippen molar-refractivity contribution in [2.24, 2.45) is 0 Å². The zero-order chi connectivity index (χ0) is 33.9. The molecule has 4 aromatic heterocycles.